The Balaban J connectivity index is 1.94. The molecule has 0 spiro atoms. The van der Waals surface area contributed by atoms with E-state index in [-0.39, 0.29) is 11.2 Å². The highest BCUT2D eigenvalue weighted by Gasteiger charge is 2.19. The number of pyridine rings is 1. The third-order valence-corrected chi connectivity index (χ3v) is 3.35. The van der Waals surface area contributed by atoms with Gasteiger partial charge in [0.2, 0.25) is 5.43 Å². The molecule has 0 amide bonds. The summed E-state index contributed by atoms with van der Waals surface area (Å²) >= 11 is 0. The largest absolute Gasteiger partial charge is 0.503 e. The molecule has 4 heteroatoms. The fourth-order valence-electron chi connectivity index (χ4n) is 2.29. The number of aromatic hydroxyl groups is 1. The molecule has 1 unspecified atom stereocenters. The van der Waals surface area contributed by atoms with Crippen LogP contribution in [0.25, 0.3) is 0 Å². The maximum atomic E-state index is 11.0. The number of nitrogens with zero attached hydrogens (tertiary/aromatic N) is 2. The zero-order valence-electron chi connectivity index (χ0n) is 9.59. The predicted molar refractivity (Wildman–Crippen MR) is 62.6 cm³/mol. The monoisotopic (exact) mass is 222 g/mol. The third-order valence-electron chi connectivity index (χ3n) is 3.35. The molecule has 0 aromatic carbocycles. The lowest BCUT2D eigenvalue weighted by Gasteiger charge is -2.19. The summed E-state index contributed by atoms with van der Waals surface area (Å²) in [4.78, 5) is 13.4. The number of rotatable bonds is 3. The van der Waals surface area contributed by atoms with Crippen molar-refractivity contribution >= 4 is 0 Å². The van der Waals surface area contributed by atoms with Crippen molar-refractivity contribution in [1.29, 1.82) is 0 Å². The lowest BCUT2D eigenvalue weighted by Crippen LogP contribution is -2.26. The maximum absolute atomic E-state index is 11.0. The van der Waals surface area contributed by atoms with E-state index in [4.69, 9.17) is 0 Å². The van der Waals surface area contributed by atoms with Crippen molar-refractivity contribution in [2.24, 2.45) is 0 Å². The maximum Gasteiger partial charge on any atom is 0.223 e. The van der Waals surface area contributed by atoms with Crippen molar-refractivity contribution in [3.8, 4) is 5.75 Å². The van der Waals surface area contributed by atoms with E-state index in [0.29, 0.717) is 6.04 Å². The Morgan fingerprint density at radius 1 is 1.56 bits per heavy atom. The van der Waals surface area contributed by atoms with E-state index in [1.54, 1.807) is 6.20 Å². The minimum Gasteiger partial charge on any atom is -0.503 e. The van der Waals surface area contributed by atoms with Gasteiger partial charge in [-0.25, -0.2) is 0 Å². The quantitative estimate of drug-likeness (QED) is 0.831. The van der Waals surface area contributed by atoms with Crippen molar-refractivity contribution in [2.75, 3.05) is 13.6 Å². The average Bonchev–Trinajstić information content (AvgIpc) is 2.66. The molecule has 1 fully saturated rings. The number of hydrogen-bond donors (Lipinski definition) is 1. The molecule has 0 saturated carbocycles. The van der Waals surface area contributed by atoms with Gasteiger partial charge in [0.05, 0.1) is 0 Å². The first kappa shape index (κ1) is 11.2. The van der Waals surface area contributed by atoms with Crippen LogP contribution in [-0.2, 0) is 6.54 Å². The van der Waals surface area contributed by atoms with E-state index < -0.39 is 0 Å². The summed E-state index contributed by atoms with van der Waals surface area (Å²) in [6, 6.07) is 2.05. The first-order chi connectivity index (χ1) is 7.66. The van der Waals surface area contributed by atoms with Gasteiger partial charge in [-0.2, -0.15) is 0 Å². The first-order valence-corrected chi connectivity index (χ1v) is 5.76. The highest BCUT2D eigenvalue weighted by molar-refractivity contribution is 5.14. The molecule has 1 aliphatic heterocycles. The molecule has 4 nitrogen and oxygen atoms in total. The van der Waals surface area contributed by atoms with Crippen molar-refractivity contribution in [1.82, 2.24) is 9.47 Å². The van der Waals surface area contributed by atoms with Gasteiger partial charge in [-0.3, -0.25) is 4.79 Å². The van der Waals surface area contributed by atoms with E-state index in [2.05, 4.69) is 11.9 Å². The summed E-state index contributed by atoms with van der Waals surface area (Å²) in [5.41, 5.74) is -0.311. The van der Waals surface area contributed by atoms with Gasteiger partial charge in [0, 0.05) is 31.0 Å². The Hall–Kier alpha value is -1.29. The van der Waals surface area contributed by atoms with Crippen LogP contribution in [0.3, 0.4) is 0 Å². The minimum atomic E-state index is -0.311. The Bertz CT molecular complexity index is 414. The fourth-order valence-corrected chi connectivity index (χ4v) is 2.29. The summed E-state index contributed by atoms with van der Waals surface area (Å²) in [6.07, 6.45) is 6.84. The molecule has 2 heterocycles. The second kappa shape index (κ2) is 4.70. The normalized spacial score (nSPS) is 21.4. The van der Waals surface area contributed by atoms with Crippen LogP contribution in [0.5, 0.6) is 5.75 Å². The molecule has 1 atom stereocenters. The number of aromatic nitrogens is 1. The molecule has 0 bridgehead atoms. The predicted octanol–water partition coefficient (Wildman–Crippen LogP) is 1.04. The van der Waals surface area contributed by atoms with Crippen LogP contribution >= 0.6 is 0 Å². The van der Waals surface area contributed by atoms with Crippen LogP contribution in [0.4, 0.5) is 0 Å². The molecular weight excluding hydrogens is 204 g/mol. The Labute approximate surface area is 95.1 Å². The lowest BCUT2D eigenvalue weighted by molar-refractivity contribution is 0.285. The zero-order valence-corrected chi connectivity index (χ0v) is 9.59. The van der Waals surface area contributed by atoms with Crippen LogP contribution in [0, 0.1) is 0 Å². The second-order valence-corrected chi connectivity index (χ2v) is 4.50. The summed E-state index contributed by atoms with van der Waals surface area (Å²) < 4.78 is 1.88. The molecule has 88 valence electrons. The van der Waals surface area contributed by atoms with Gasteiger partial charge in [-0.05, 0) is 32.9 Å². The van der Waals surface area contributed by atoms with Crippen molar-refractivity contribution in [3.05, 3.63) is 28.7 Å². The number of likely N-dealkylation sites (tertiary alicyclic amines) is 1. The standard InChI is InChI=1S/C12H18N2O2/c1-13-6-2-3-10(13)4-7-14-8-5-11(15)12(16)9-14/h5,8-10,16H,2-4,6-7H2,1H3. The topological polar surface area (TPSA) is 45.5 Å². The zero-order chi connectivity index (χ0) is 11.5. The lowest BCUT2D eigenvalue weighted by atomic mass is 10.1. The SMILES string of the molecule is CN1CCCC1CCn1ccc(=O)c(O)c1. The Morgan fingerprint density at radius 3 is 3.00 bits per heavy atom. The van der Waals surface area contributed by atoms with Crippen LogP contribution in [0.2, 0.25) is 0 Å². The molecule has 2 rings (SSSR count). The average molecular weight is 222 g/mol. The number of aryl methyl sites for hydroxylation is 1. The molecule has 0 aliphatic carbocycles. The highest BCUT2D eigenvalue weighted by atomic mass is 16.3. The van der Waals surface area contributed by atoms with E-state index in [0.717, 1.165) is 13.0 Å². The highest BCUT2D eigenvalue weighted by Crippen LogP contribution is 2.18. The van der Waals surface area contributed by atoms with Crippen molar-refractivity contribution < 1.29 is 5.11 Å². The van der Waals surface area contributed by atoms with Crippen LogP contribution < -0.4 is 5.43 Å². The molecule has 1 aliphatic rings. The molecule has 0 radical (unpaired) electrons. The van der Waals surface area contributed by atoms with Gasteiger partial charge in [-0.15, -0.1) is 0 Å². The Morgan fingerprint density at radius 2 is 2.38 bits per heavy atom. The van der Waals surface area contributed by atoms with E-state index in [1.807, 2.05) is 4.57 Å². The van der Waals surface area contributed by atoms with Gasteiger partial charge in [-0.1, -0.05) is 0 Å². The fraction of sp³-hybridized carbons (Fsp3) is 0.583. The van der Waals surface area contributed by atoms with Crippen molar-refractivity contribution in [2.45, 2.75) is 31.8 Å². The third kappa shape index (κ3) is 2.44. The summed E-state index contributed by atoms with van der Waals surface area (Å²) in [7, 11) is 2.15. The second-order valence-electron chi connectivity index (χ2n) is 4.50. The summed E-state index contributed by atoms with van der Waals surface area (Å²) in [5.74, 6) is -0.165. The van der Waals surface area contributed by atoms with Gasteiger partial charge in [0.25, 0.3) is 0 Å². The molecule has 1 saturated heterocycles. The van der Waals surface area contributed by atoms with E-state index in [9.17, 15) is 9.90 Å². The van der Waals surface area contributed by atoms with Gasteiger partial charge >= 0.3 is 0 Å². The van der Waals surface area contributed by atoms with Gasteiger partial charge in [0.15, 0.2) is 5.75 Å². The smallest absolute Gasteiger partial charge is 0.223 e. The van der Waals surface area contributed by atoms with Crippen LogP contribution in [-0.4, -0.2) is 34.2 Å². The van der Waals surface area contributed by atoms with Crippen molar-refractivity contribution in [3.63, 3.8) is 0 Å². The summed E-state index contributed by atoms with van der Waals surface area (Å²) in [6.45, 7) is 2.03. The van der Waals surface area contributed by atoms with E-state index in [1.165, 1.54) is 31.6 Å². The first-order valence-electron chi connectivity index (χ1n) is 5.76. The van der Waals surface area contributed by atoms with Crippen LogP contribution in [0.1, 0.15) is 19.3 Å². The van der Waals surface area contributed by atoms with Gasteiger partial charge < -0.3 is 14.6 Å². The van der Waals surface area contributed by atoms with Crippen LogP contribution in [0.15, 0.2) is 23.3 Å². The number of hydrogen-bond acceptors (Lipinski definition) is 3. The minimum absolute atomic E-state index is 0.165. The van der Waals surface area contributed by atoms with E-state index >= 15 is 0 Å². The molecule has 1 aromatic rings. The summed E-state index contributed by atoms with van der Waals surface area (Å²) in [5, 5.41) is 9.30. The molecule has 16 heavy (non-hydrogen) atoms. The van der Waals surface area contributed by atoms with Gasteiger partial charge in [0.1, 0.15) is 0 Å². The Kier molecular flexibility index (Phi) is 3.29. The molecule has 1 aromatic heterocycles. The molecule has 1 N–H and O–H groups in total. The molecular formula is C12H18N2O2.